The van der Waals surface area contributed by atoms with Crippen LogP contribution in [-0.4, -0.2) is 34.8 Å². The molecule has 1 atom stereocenters. The van der Waals surface area contributed by atoms with Crippen LogP contribution in [-0.2, 0) is 9.59 Å². The number of rotatable bonds is 6. The van der Waals surface area contributed by atoms with Gasteiger partial charge in [-0.15, -0.1) is 0 Å². The number of aromatic nitrogens is 2. The summed E-state index contributed by atoms with van der Waals surface area (Å²) >= 11 is 0. The van der Waals surface area contributed by atoms with Crippen molar-refractivity contribution in [2.45, 2.75) is 13.0 Å². The van der Waals surface area contributed by atoms with Crippen LogP contribution in [0, 0.1) is 0 Å². The van der Waals surface area contributed by atoms with Crippen molar-refractivity contribution < 1.29 is 14.3 Å². The van der Waals surface area contributed by atoms with Gasteiger partial charge in [-0.1, -0.05) is 12.1 Å². The largest absolute Gasteiger partial charge is 0.495 e. The molecule has 0 aliphatic rings. The molecule has 0 bridgehead atoms. The predicted octanol–water partition coefficient (Wildman–Crippen LogP) is 2.54. The van der Waals surface area contributed by atoms with Gasteiger partial charge in [0.2, 0.25) is 6.04 Å². The van der Waals surface area contributed by atoms with Gasteiger partial charge in [-0.05, 0) is 37.3 Å². The number of ether oxygens (including phenoxy) is 1. The summed E-state index contributed by atoms with van der Waals surface area (Å²) in [5.74, 6) is -0.610. The van der Waals surface area contributed by atoms with Gasteiger partial charge in [-0.25, -0.2) is 4.79 Å². The van der Waals surface area contributed by atoms with Crippen molar-refractivity contribution >= 4 is 34.1 Å². The minimum Gasteiger partial charge on any atom is -0.495 e. The number of nitrogens with zero attached hydrogens (tertiary/aromatic N) is 2. The molecule has 2 aromatic carbocycles. The fourth-order valence-corrected chi connectivity index (χ4v) is 2.47. The van der Waals surface area contributed by atoms with Crippen LogP contribution in [0.2, 0.25) is 0 Å². The maximum Gasteiger partial charge on any atom is 0.323 e. The van der Waals surface area contributed by atoms with Gasteiger partial charge in [0.15, 0.2) is 5.78 Å². The van der Waals surface area contributed by atoms with Gasteiger partial charge in [0.25, 0.3) is 5.91 Å². The summed E-state index contributed by atoms with van der Waals surface area (Å²) in [4.78, 5) is 40.8. The summed E-state index contributed by atoms with van der Waals surface area (Å²) in [6.45, 7) is 1.26. The van der Waals surface area contributed by atoms with E-state index in [1.165, 1.54) is 14.0 Å². The number of azo groups is 1. The number of aromatic amines is 2. The van der Waals surface area contributed by atoms with E-state index in [2.05, 4.69) is 25.5 Å². The molecule has 9 nitrogen and oxygen atoms in total. The van der Waals surface area contributed by atoms with Crippen molar-refractivity contribution in [2.75, 3.05) is 12.4 Å². The number of carbonyl (C=O) groups excluding carboxylic acids is 2. The van der Waals surface area contributed by atoms with E-state index in [0.717, 1.165) is 0 Å². The van der Waals surface area contributed by atoms with Crippen LogP contribution in [0.1, 0.15) is 6.92 Å². The molecule has 27 heavy (non-hydrogen) atoms. The van der Waals surface area contributed by atoms with E-state index in [4.69, 9.17) is 4.74 Å². The van der Waals surface area contributed by atoms with Gasteiger partial charge < -0.3 is 20.0 Å². The maximum atomic E-state index is 12.5. The van der Waals surface area contributed by atoms with E-state index in [1.807, 2.05) is 0 Å². The molecule has 1 aromatic heterocycles. The summed E-state index contributed by atoms with van der Waals surface area (Å²) < 4.78 is 5.17. The topological polar surface area (TPSA) is 129 Å². The van der Waals surface area contributed by atoms with Gasteiger partial charge in [0.05, 0.1) is 29.5 Å². The average Bonchev–Trinajstić information content (AvgIpc) is 3.01. The number of hydrogen-bond donors (Lipinski definition) is 3. The Morgan fingerprint density at radius 3 is 2.59 bits per heavy atom. The number of anilines is 1. The number of para-hydroxylation sites is 2. The van der Waals surface area contributed by atoms with Crippen LogP contribution in [0.4, 0.5) is 11.4 Å². The highest BCUT2D eigenvalue weighted by Gasteiger charge is 2.24. The van der Waals surface area contributed by atoms with Crippen molar-refractivity contribution in [2.24, 2.45) is 10.2 Å². The van der Waals surface area contributed by atoms with E-state index in [-0.39, 0.29) is 5.69 Å². The molecule has 0 aliphatic heterocycles. The second-order valence-corrected chi connectivity index (χ2v) is 5.73. The lowest BCUT2D eigenvalue weighted by Crippen LogP contribution is -2.31. The molecule has 0 saturated carbocycles. The molecule has 0 fully saturated rings. The molecule has 0 saturated heterocycles. The zero-order valence-corrected chi connectivity index (χ0v) is 14.6. The van der Waals surface area contributed by atoms with E-state index < -0.39 is 17.7 Å². The number of fused-ring (bicyclic) bond motifs is 1. The first-order valence-corrected chi connectivity index (χ1v) is 8.05. The van der Waals surface area contributed by atoms with Gasteiger partial charge in [-0.2, -0.15) is 10.2 Å². The standard InChI is InChI=1S/C18H17N5O4/c1-10(24)16(17(25)19-13-5-3-4-6-15(13)27-2)23-22-11-7-8-12-14(9-11)21-18(26)20-12/h3-9,16H,1-2H3,(H,19,25)(H2,20,21,26). The third-order valence-electron chi connectivity index (χ3n) is 3.79. The summed E-state index contributed by atoms with van der Waals surface area (Å²) in [6, 6.07) is 10.4. The van der Waals surface area contributed by atoms with Gasteiger partial charge in [0, 0.05) is 0 Å². The zero-order chi connectivity index (χ0) is 19.4. The Kier molecular flexibility index (Phi) is 5.11. The number of H-pyrrole nitrogens is 2. The number of carbonyl (C=O) groups is 2. The van der Waals surface area contributed by atoms with Crippen molar-refractivity contribution in [3.63, 3.8) is 0 Å². The summed E-state index contributed by atoms with van der Waals surface area (Å²) in [5, 5.41) is 10.5. The summed E-state index contributed by atoms with van der Waals surface area (Å²) in [5.41, 5.74) is 1.66. The van der Waals surface area contributed by atoms with Gasteiger partial charge in [0.1, 0.15) is 5.75 Å². The van der Waals surface area contributed by atoms with Crippen LogP contribution >= 0.6 is 0 Å². The lowest BCUT2D eigenvalue weighted by Gasteiger charge is -2.12. The quantitative estimate of drug-likeness (QED) is 0.457. The Balaban J connectivity index is 1.81. The van der Waals surface area contributed by atoms with E-state index in [0.29, 0.717) is 28.2 Å². The lowest BCUT2D eigenvalue weighted by molar-refractivity contribution is -0.126. The molecule has 3 rings (SSSR count). The molecule has 1 unspecified atom stereocenters. The van der Waals surface area contributed by atoms with Crippen molar-refractivity contribution in [3.8, 4) is 5.75 Å². The first-order valence-electron chi connectivity index (χ1n) is 8.05. The number of amides is 1. The Morgan fingerprint density at radius 1 is 1.11 bits per heavy atom. The predicted molar refractivity (Wildman–Crippen MR) is 99.5 cm³/mol. The molecule has 1 heterocycles. The van der Waals surface area contributed by atoms with Crippen LogP contribution in [0.5, 0.6) is 5.75 Å². The van der Waals surface area contributed by atoms with Crippen LogP contribution < -0.4 is 15.7 Å². The van der Waals surface area contributed by atoms with Gasteiger partial charge >= 0.3 is 5.69 Å². The number of ketones is 1. The monoisotopic (exact) mass is 367 g/mol. The van der Waals surface area contributed by atoms with Crippen molar-refractivity contribution in [3.05, 3.63) is 52.9 Å². The summed E-state index contributed by atoms with van der Waals surface area (Å²) in [6.07, 6.45) is 0. The molecule has 9 heteroatoms. The lowest BCUT2D eigenvalue weighted by atomic mass is 10.2. The highest BCUT2D eigenvalue weighted by atomic mass is 16.5. The number of nitrogens with one attached hydrogen (secondary N) is 3. The Morgan fingerprint density at radius 2 is 1.85 bits per heavy atom. The molecule has 0 aliphatic carbocycles. The fourth-order valence-electron chi connectivity index (χ4n) is 2.47. The van der Waals surface area contributed by atoms with Gasteiger partial charge in [-0.3, -0.25) is 9.59 Å². The molecule has 3 N–H and O–H groups in total. The zero-order valence-electron chi connectivity index (χ0n) is 14.6. The molecule has 1 amide bonds. The fraction of sp³-hybridized carbons (Fsp3) is 0.167. The highest BCUT2D eigenvalue weighted by molar-refractivity contribution is 6.10. The number of hydrogen-bond acceptors (Lipinski definition) is 6. The second kappa shape index (κ2) is 7.65. The Hall–Kier alpha value is -3.75. The van der Waals surface area contributed by atoms with Crippen LogP contribution in [0.25, 0.3) is 11.0 Å². The van der Waals surface area contributed by atoms with Crippen LogP contribution in [0.15, 0.2) is 57.5 Å². The Labute approximate surface area is 153 Å². The second-order valence-electron chi connectivity index (χ2n) is 5.73. The van der Waals surface area contributed by atoms with E-state index in [9.17, 15) is 14.4 Å². The maximum absolute atomic E-state index is 12.5. The van der Waals surface area contributed by atoms with Crippen molar-refractivity contribution in [1.82, 2.24) is 9.97 Å². The smallest absolute Gasteiger partial charge is 0.323 e. The third-order valence-corrected chi connectivity index (χ3v) is 3.79. The van der Waals surface area contributed by atoms with E-state index in [1.54, 1.807) is 42.5 Å². The molecule has 0 radical (unpaired) electrons. The average molecular weight is 367 g/mol. The van der Waals surface area contributed by atoms with E-state index >= 15 is 0 Å². The first-order chi connectivity index (χ1) is 13.0. The normalized spacial score (nSPS) is 12.2. The molecule has 3 aromatic rings. The summed E-state index contributed by atoms with van der Waals surface area (Å²) in [7, 11) is 1.48. The number of Topliss-reactive ketones (excluding diaryl/α,β-unsaturated/α-hetero) is 1. The number of benzene rings is 2. The molecular weight excluding hydrogens is 350 g/mol. The first kappa shape index (κ1) is 18.1. The molecule has 138 valence electrons. The van der Waals surface area contributed by atoms with Crippen LogP contribution in [0.3, 0.4) is 0 Å². The number of imidazole rings is 1. The third kappa shape index (κ3) is 4.09. The Bertz CT molecular complexity index is 1080. The highest BCUT2D eigenvalue weighted by Crippen LogP contribution is 2.24. The minimum absolute atomic E-state index is 0.336. The SMILES string of the molecule is COc1ccccc1NC(=O)C(N=Nc1ccc2[nH]c(=O)[nH]c2c1)C(C)=O. The number of methoxy groups -OCH3 is 1. The molecular formula is C18H17N5O4. The minimum atomic E-state index is -1.31. The van der Waals surface area contributed by atoms with Crippen molar-refractivity contribution in [1.29, 1.82) is 0 Å². The molecule has 0 spiro atoms.